The van der Waals surface area contributed by atoms with Crippen molar-refractivity contribution in [3.05, 3.63) is 48.5 Å². The summed E-state index contributed by atoms with van der Waals surface area (Å²) in [7, 11) is -1.60. The molecular formula is C15H17N3O2S. The number of para-hydroxylation sites is 2. The van der Waals surface area contributed by atoms with Crippen LogP contribution in [-0.4, -0.2) is 28.6 Å². The van der Waals surface area contributed by atoms with Crippen LogP contribution in [0.2, 0.25) is 0 Å². The Balaban J connectivity index is 2.08. The fraction of sp³-hybridized carbons (Fsp3) is 0.200. The quantitative estimate of drug-likeness (QED) is 0.861. The zero-order valence-corrected chi connectivity index (χ0v) is 12.5. The summed E-state index contributed by atoms with van der Waals surface area (Å²) >= 11 is 0. The third kappa shape index (κ3) is 2.31. The molecule has 0 unspecified atom stereocenters. The molecule has 1 heterocycles. The second-order valence-corrected chi connectivity index (χ2v) is 6.92. The molecule has 2 aromatic rings. The Kier molecular flexibility index (Phi) is 3.25. The molecule has 0 amide bonds. The lowest BCUT2D eigenvalue weighted by molar-refractivity contribution is 0.589. The molecule has 0 bridgehead atoms. The molecule has 0 fully saturated rings. The largest absolute Gasteiger partial charge is 0.399 e. The van der Waals surface area contributed by atoms with Gasteiger partial charge in [-0.2, -0.15) is 0 Å². The summed E-state index contributed by atoms with van der Waals surface area (Å²) in [5.74, 6) is 0. The van der Waals surface area contributed by atoms with Gasteiger partial charge in [-0.15, -0.1) is 0 Å². The zero-order chi connectivity index (χ0) is 15.0. The Bertz CT molecular complexity index is 757. The Morgan fingerprint density at radius 2 is 1.57 bits per heavy atom. The molecule has 6 heteroatoms. The number of hydrogen-bond acceptors (Lipinski definition) is 4. The summed E-state index contributed by atoms with van der Waals surface area (Å²) in [4.78, 5) is 2.32. The molecule has 0 radical (unpaired) electrons. The molecule has 1 aliphatic heterocycles. The number of benzene rings is 2. The van der Waals surface area contributed by atoms with Gasteiger partial charge in [0.25, 0.3) is 10.0 Å². The highest BCUT2D eigenvalue weighted by Gasteiger charge is 2.30. The lowest BCUT2D eigenvalue weighted by Gasteiger charge is -2.36. The van der Waals surface area contributed by atoms with Crippen molar-refractivity contribution >= 4 is 27.1 Å². The predicted octanol–water partition coefficient (Wildman–Crippen LogP) is 1.91. The number of anilines is 3. The molecule has 0 spiro atoms. The van der Waals surface area contributed by atoms with Crippen LogP contribution in [0.3, 0.4) is 0 Å². The van der Waals surface area contributed by atoms with Crippen molar-refractivity contribution in [2.45, 2.75) is 4.90 Å². The first-order valence-corrected chi connectivity index (χ1v) is 8.12. The summed E-state index contributed by atoms with van der Waals surface area (Å²) in [6.45, 7) is 1.09. The third-order valence-corrected chi connectivity index (χ3v) is 5.50. The first-order valence-electron chi connectivity index (χ1n) is 6.68. The number of nitrogens with two attached hydrogens (primary N) is 1. The SMILES string of the molecule is CN1CCN(S(=O)(=O)c2ccc(N)cc2)c2ccccc21. The Labute approximate surface area is 124 Å². The van der Waals surface area contributed by atoms with Gasteiger partial charge >= 0.3 is 0 Å². The summed E-state index contributed by atoms with van der Waals surface area (Å²) < 4.78 is 27.1. The van der Waals surface area contributed by atoms with E-state index in [-0.39, 0.29) is 4.90 Å². The summed E-state index contributed by atoms with van der Waals surface area (Å²) in [5.41, 5.74) is 7.81. The van der Waals surface area contributed by atoms with Crippen molar-refractivity contribution in [1.82, 2.24) is 0 Å². The van der Waals surface area contributed by atoms with E-state index in [9.17, 15) is 8.42 Å². The number of fused-ring (bicyclic) bond motifs is 1. The molecular weight excluding hydrogens is 286 g/mol. The summed E-state index contributed by atoms with van der Waals surface area (Å²) in [5, 5.41) is 0. The first kappa shape index (κ1) is 13.8. The number of likely N-dealkylation sites (N-methyl/N-ethyl adjacent to an activating group) is 1. The maximum atomic E-state index is 12.8. The molecule has 1 aliphatic rings. The van der Waals surface area contributed by atoms with Crippen molar-refractivity contribution in [2.75, 3.05) is 35.1 Å². The molecule has 21 heavy (non-hydrogen) atoms. The van der Waals surface area contributed by atoms with Gasteiger partial charge in [0.05, 0.1) is 22.8 Å². The van der Waals surface area contributed by atoms with E-state index in [2.05, 4.69) is 4.90 Å². The maximum absolute atomic E-state index is 12.8. The minimum absolute atomic E-state index is 0.260. The zero-order valence-electron chi connectivity index (χ0n) is 11.7. The van der Waals surface area contributed by atoms with Crippen LogP contribution < -0.4 is 14.9 Å². The molecule has 5 nitrogen and oxygen atoms in total. The Morgan fingerprint density at radius 3 is 2.24 bits per heavy atom. The molecule has 0 aromatic heterocycles. The van der Waals surface area contributed by atoms with Gasteiger partial charge in [0.1, 0.15) is 0 Å². The number of nitrogens with zero attached hydrogens (tertiary/aromatic N) is 2. The van der Waals surface area contributed by atoms with E-state index in [1.54, 1.807) is 24.3 Å². The topological polar surface area (TPSA) is 66.6 Å². The van der Waals surface area contributed by atoms with E-state index >= 15 is 0 Å². The average molecular weight is 303 g/mol. The van der Waals surface area contributed by atoms with Crippen molar-refractivity contribution in [3.8, 4) is 0 Å². The van der Waals surface area contributed by atoms with Crippen LogP contribution >= 0.6 is 0 Å². The van der Waals surface area contributed by atoms with Gasteiger partial charge in [0, 0.05) is 19.3 Å². The van der Waals surface area contributed by atoms with Gasteiger partial charge in [-0.1, -0.05) is 12.1 Å². The van der Waals surface area contributed by atoms with Gasteiger partial charge in [-0.05, 0) is 36.4 Å². The monoisotopic (exact) mass is 303 g/mol. The van der Waals surface area contributed by atoms with E-state index in [0.717, 1.165) is 5.69 Å². The minimum Gasteiger partial charge on any atom is -0.399 e. The van der Waals surface area contributed by atoms with Crippen molar-refractivity contribution in [2.24, 2.45) is 0 Å². The van der Waals surface area contributed by atoms with E-state index in [1.807, 2.05) is 31.3 Å². The molecule has 3 rings (SSSR count). The average Bonchev–Trinajstić information content (AvgIpc) is 2.48. The Morgan fingerprint density at radius 1 is 0.952 bits per heavy atom. The number of nitrogen functional groups attached to an aromatic ring is 1. The molecule has 2 aromatic carbocycles. The van der Waals surface area contributed by atoms with Crippen LogP contribution in [0.25, 0.3) is 0 Å². The van der Waals surface area contributed by atoms with Crippen LogP contribution in [-0.2, 0) is 10.0 Å². The van der Waals surface area contributed by atoms with E-state index in [1.165, 1.54) is 4.31 Å². The maximum Gasteiger partial charge on any atom is 0.264 e. The number of rotatable bonds is 2. The fourth-order valence-electron chi connectivity index (χ4n) is 2.50. The first-order chi connectivity index (χ1) is 10.00. The second-order valence-electron chi connectivity index (χ2n) is 5.06. The van der Waals surface area contributed by atoms with E-state index < -0.39 is 10.0 Å². The highest BCUT2D eigenvalue weighted by molar-refractivity contribution is 7.92. The second kappa shape index (κ2) is 4.96. The summed E-state index contributed by atoms with van der Waals surface area (Å²) in [6, 6.07) is 13.8. The fourth-order valence-corrected chi connectivity index (χ4v) is 3.97. The van der Waals surface area contributed by atoms with Crippen LogP contribution in [0.15, 0.2) is 53.4 Å². The van der Waals surface area contributed by atoms with Gasteiger partial charge in [-0.25, -0.2) is 8.42 Å². The predicted molar refractivity (Wildman–Crippen MR) is 85.1 cm³/mol. The van der Waals surface area contributed by atoms with Crippen molar-refractivity contribution in [1.29, 1.82) is 0 Å². The highest BCUT2D eigenvalue weighted by Crippen LogP contribution is 2.35. The van der Waals surface area contributed by atoms with Crippen LogP contribution in [0.5, 0.6) is 0 Å². The molecule has 0 atom stereocenters. The van der Waals surface area contributed by atoms with Crippen LogP contribution in [0.4, 0.5) is 17.1 Å². The van der Waals surface area contributed by atoms with Crippen LogP contribution in [0.1, 0.15) is 0 Å². The van der Waals surface area contributed by atoms with E-state index in [4.69, 9.17) is 5.73 Å². The normalized spacial score (nSPS) is 14.9. The lowest BCUT2D eigenvalue weighted by Crippen LogP contribution is -2.42. The smallest absolute Gasteiger partial charge is 0.264 e. The van der Waals surface area contributed by atoms with Crippen LogP contribution in [0, 0.1) is 0 Å². The van der Waals surface area contributed by atoms with Crippen molar-refractivity contribution in [3.63, 3.8) is 0 Å². The summed E-state index contributed by atoms with van der Waals surface area (Å²) in [6.07, 6.45) is 0. The molecule has 0 saturated carbocycles. The highest BCUT2D eigenvalue weighted by atomic mass is 32.2. The standard InChI is InChI=1S/C15H17N3O2S/c1-17-10-11-18(15-5-3-2-4-14(15)17)21(19,20)13-8-6-12(16)7-9-13/h2-9H,10-11,16H2,1H3. The number of hydrogen-bond donors (Lipinski definition) is 1. The molecule has 2 N–H and O–H groups in total. The van der Waals surface area contributed by atoms with Gasteiger partial charge < -0.3 is 10.6 Å². The molecule has 110 valence electrons. The van der Waals surface area contributed by atoms with Gasteiger partial charge in [0.15, 0.2) is 0 Å². The van der Waals surface area contributed by atoms with E-state index in [0.29, 0.717) is 24.5 Å². The van der Waals surface area contributed by atoms with Gasteiger partial charge in [-0.3, -0.25) is 4.31 Å². The third-order valence-electron chi connectivity index (χ3n) is 3.67. The minimum atomic E-state index is -3.56. The number of sulfonamides is 1. The molecule has 0 saturated heterocycles. The lowest BCUT2D eigenvalue weighted by atomic mass is 10.2. The van der Waals surface area contributed by atoms with Crippen molar-refractivity contribution < 1.29 is 8.42 Å². The molecule has 0 aliphatic carbocycles. The Hall–Kier alpha value is -2.21. The van der Waals surface area contributed by atoms with Gasteiger partial charge in [0.2, 0.25) is 0 Å².